The zero-order valence-corrected chi connectivity index (χ0v) is 17.6. The first kappa shape index (κ1) is 23.1. The van der Waals surface area contributed by atoms with Crippen LogP contribution in [0.3, 0.4) is 0 Å². The SMILES string of the molecule is CN=C(NCc1ccc(CN2CCC(O)CC2)cc1)NCc1ccc(C(F)(F)F)cc1. The van der Waals surface area contributed by atoms with Gasteiger partial charge in [0.15, 0.2) is 5.96 Å². The highest BCUT2D eigenvalue weighted by molar-refractivity contribution is 5.79. The fourth-order valence-corrected chi connectivity index (χ4v) is 3.50. The largest absolute Gasteiger partial charge is 0.416 e. The maximum atomic E-state index is 12.7. The number of benzene rings is 2. The maximum absolute atomic E-state index is 12.7. The van der Waals surface area contributed by atoms with Crippen LogP contribution in [0.5, 0.6) is 0 Å². The zero-order valence-electron chi connectivity index (χ0n) is 17.6. The fraction of sp³-hybridized carbons (Fsp3) is 0.435. The lowest BCUT2D eigenvalue weighted by atomic mass is 10.1. The van der Waals surface area contributed by atoms with Crippen molar-refractivity contribution in [2.45, 2.75) is 44.8 Å². The number of hydrogen-bond donors (Lipinski definition) is 3. The lowest BCUT2D eigenvalue weighted by Crippen LogP contribution is -2.36. The molecule has 0 spiro atoms. The molecule has 0 aliphatic carbocycles. The van der Waals surface area contributed by atoms with Crippen molar-refractivity contribution in [3.05, 3.63) is 70.8 Å². The Hall–Kier alpha value is -2.58. The minimum Gasteiger partial charge on any atom is -0.393 e. The first-order chi connectivity index (χ1) is 14.8. The predicted octanol–water partition coefficient (Wildman–Crippen LogP) is 3.53. The Morgan fingerprint density at radius 3 is 1.90 bits per heavy atom. The molecule has 168 valence electrons. The summed E-state index contributed by atoms with van der Waals surface area (Å²) in [5, 5.41) is 15.9. The third-order valence-electron chi connectivity index (χ3n) is 5.41. The van der Waals surface area contributed by atoms with E-state index in [1.54, 1.807) is 7.05 Å². The van der Waals surface area contributed by atoms with Crippen molar-refractivity contribution in [3.63, 3.8) is 0 Å². The molecule has 1 saturated heterocycles. The van der Waals surface area contributed by atoms with Crippen LogP contribution in [0.1, 0.15) is 35.1 Å². The third kappa shape index (κ3) is 7.25. The van der Waals surface area contributed by atoms with E-state index >= 15 is 0 Å². The Labute approximate surface area is 181 Å². The van der Waals surface area contributed by atoms with E-state index in [-0.39, 0.29) is 6.10 Å². The standard InChI is InChI=1S/C23H29F3N4O/c1-27-22(29-15-18-6-8-20(9-7-18)23(24,25)26)28-14-17-2-4-19(5-3-17)16-30-12-10-21(31)11-13-30/h2-9,21,31H,10-16H2,1H3,(H2,27,28,29). The molecular formula is C23H29F3N4O. The van der Waals surface area contributed by atoms with Gasteiger partial charge in [-0.3, -0.25) is 9.89 Å². The molecule has 0 radical (unpaired) electrons. The summed E-state index contributed by atoms with van der Waals surface area (Å²) in [4.78, 5) is 6.52. The van der Waals surface area contributed by atoms with Gasteiger partial charge in [-0.15, -0.1) is 0 Å². The number of nitrogens with one attached hydrogen (secondary N) is 2. The van der Waals surface area contributed by atoms with E-state index in [0.29, 0.717) is 19.0 Å². The smallest absolute Gasteiger partial charge is 0.393 e. The number of likely N-dealkylation sites (tertiary alicyclic amines) is 1. The normalized spacial score (nSPS) is 16.4. The summed E-state index contributed by atoms with van der Waals surface area (Å²) in [7, 11) is 1.65. The topological polar surface area (TPSA) is 59.9 Å². The van der Waals surface area contributed by atoms with Gasteiger partial charge in [-0.1, -0.05) is 36.4 Å². The monoisotopic (exact) mass is 434 g/mol. The predicted molar refractivity (Wildman–Crippen MR) is 115 cm³/mol. The van der Waals surface area contributed by atoms with E-state index in [2.05, 4.69) is 44.8 Å². The molecule has 0 bridgehead atoms. The molecule has 2 aromatic carbocycles. The van der Waals surface area contributed by atoms with Crippen molar-refractivity contribution in [3.8, 4) is 0 Å². The van der Waals surface area contributed by atoms with E-state index in [1.807, 2.05) is 0 Å². The number of alkyl halides is 3. The van der Waals surface area contributed by atoms with Crippen LogP contribution in [0.2, 0.25) is 0 Å². The van der Waals surface area contributed by atoms with Crippen molar-refractivity contribution >= 4 is 5.96 Å². The van der Waals surface area contributed by atoms with E-state index in [0.717, 1.165) is 55.7 Å². The van der Waals surface area contributed by atoms with Crippen LogP contribution in [0.15, 0.2) is 53.5 Å². The number of nitrogens with zero attached hydrogens (tertiary/aromatic N) is 2. The molecule has 31 heavy (non-hydrogen) atoms. The molecule has 1 aliphatic rings. The van der Waals surface area contributed by atoms with Crippen molar-refractivity contribution in [2.24, 2.45) is 4.99 Å². The molecule has 5 nitrogen and oxygen atoms in total. The van der Waals surface area contributed by atoms with Gasteiger partial charge >= 0.3 is 6.18 Å². The molecule has 3 rings (SSSR count). The fourth-order valence-electron chi connectivity index (χ4n) is 3.50. The summed E-state index contributed by atoms with van der Waals surface area (Å²) in [6.45, 7) is 3.69. The number of piperidine rings is 1. The highest BCUT2D eigenvalue weighted by atomic mass is 19.4. The van der Waals surface area contributed by atoms with Crippen LogP contribution in [-0.4, -0.2) is 42.2 Å². The molecule has 0 atom stereocenters. The van der Waals surface area contributed by atoms with Gasteiger partial charge in [-0.05, 0) is 41.7 Å². The molecule has 1 heterocycles. The molecule has 1 aliphatic heterocycles. The number of guanidine groups is 1. The Morgan fingerprint density at radius 1 is 0.935 bits per heavy atom. The Morgan fingerprint density at radius 2 is 1.42 bits per heavy atom. The molecule has 0 saturated carbocycles. The Kier molecular flexibility index (Phi) is 7.92. The van der Waals surface area contributed by atoms with Crippen molar-refractivity contribution in [1.82, 2.24) is 15.5 Å². The van der Waals surface area contributed by atoms with Crippen LogP contribution < -0.4 is 10.6 Å². The van der Waals surface area contributed by atoms with Crippen LogP contribution in [0.4, 0.5) is 13.2 Å². The number of aliphatic imine (C=N–C) groups is 1. The minimum atomic E-state index is -4.32. The van der Waals surface area contributed by atoms with Crippen molar-refractivity contribution in [2.75, 3.05) is 20.1 Å². The number of hydrogen-bond acceptors (Lipinski definition) is 3. The van der Waals surface area contributed by atoms with Crippen molar-refractivity contribution in [1.29, 1.82) is 0 Å². The Balaban J connectivity index is 1.44. The number of rotatable bonds is 6. The highest BCUT2D eigenvalue weighted by Gasteiger charge is 2.29. The second kappa shape index (κ2) is 10.6. The lowest BCUT2D eigenvalue weighted by molar-refractivity contribution is -0.137. The van der Waals surface area contributed by atoms with Gasteiger partial charge in [0, 0.05) is 39.8 Å². The molecule has 0 aromatic heterocycles. The summed E-state index contributed by atoms with van der Waals surface area (Å²) in [6.07, 6.45) is -2.82. The van der Waals surface area contributed by atoms with E-state index in [1.165, 1.54) is 17.7 Å². The highest BCUT2D eigenvalue weighted by Crippen LogP contribution is 2.29. The van der Waals surface area contributed by atoms with Crippen LogP contribution in [-0.2, 0) is 25.8 Å². The number of aliphatic hydroxyl groups excluding tert-OH is 1. The maximum Gasteiger partial charge on any atom is 0.416 e. The van der Waals surface area contributed by atoms with Crippen molar-refractivity contribution < 1.29 is 18.3 Å². The molecule has 2 aromatic rings. The van der Waals surface area contributed by atoms with Gasteiger partial charge in [0.2, 0.25) is 0 Å². The van der Waals surface area contributed by atoms with E-state index < -0.39 is 11.7 Å². The molecule has 0 amide bonds. The first-order valence-corrected chi connectivity index (χ1v) is 10.4. The summed E-state index contributed by atoms with van der Waals surface area (Å²) < 4.78 is 38.0. The molecule has 3 N–H and O–H groups in total. The summed E-state index contributed by atoms with van der Waals surface area (Å²) in [5.74, 6) is 0.579. The van der Waals surface area contributed by atoms with Crippen LogP contribution >= 0.6 is 0 Å². The van der Waals surface area contributed by atoms with Gasteiger partial charge in [0.05, 0.1) is 11.7 Å². The van der Waals surface area contributed by atoms with Gasteiger partial charge in [0.25, 0.3) is 0 Å². The van der Waals surface area contributed by atoms with Gasteiger partial charge in [0.1, 0.15) is 0 Å². The molecular weight excluding hydrogens is 405 g/mol. The zero-order chi connectivity index (χ0) is 22.3. The number of aliphatic hydroxyl groups is 1. The number of halogens is 3. The minimum absolute atomic E-state index is 0.160. The Bertz CT molecular complexity index is 843. The van der Waals surface area contributed by atoms with Gasteiger partial charge < -0.3 is 15.7 Å². The van der Waals surface area contributed by atoms with Gasteiger partial charge in [-0.2, -0.15) is 13.2 Å². The van der Waals surface area contributed by atoms with Crippen LogP contribution in [0, 0.1) is 0 Å². The second-order valence-corrected chi connectivity index (χ2v) is 7.80. The summed E-state index contributed by atoms with van der Waals surface area (Å²) >= 11 is 0. The quantitative estimate of drug-likeness (QED) is 0.481. The van der Waals surface area contributed by atoms with Crippen LogP contribution in [0.25, 0.3) is 0 Å². The molecule has 1 fully saturated rings. The summed E-state index contributed by atoms with van der Waals surface area (Å²) in [5.41, 5.74) is 2.44. The lowest BCUT2D eigenvalue weighted by Gasteiger charge is -2.29. The summed E-state index contributed by atoms with van der Waals surface area (Å²) in [6, 6.07) is 13.5. The third-order valence-corrected chi connectivity index (χ3v) is 5.41. The molecule has 8 heteroatoms. The van der Waals surface area contributed by atoms with E-state index in [4.69, 9.17) is 0 Å². The second-order valence-electron chi connectivity index (χ2n) is 7.80. The van der Waals surface area contributed by atoms with Gasteiger partial charge in [-0.25, -0.2) is 0 Å². The van der Waals surface area contributed by atoms with E-state index in [9.17, 15) is 18.3 Å². The first-order valence-electron chi connectivity index (χ1n) is 10.4. The molecule has 0 unspecified atom stereocenters. The average molecular weight is 435 g/mol. The average Bonchev–Trinajstić information content (AvgIpc) is 2.76.